The molecule has 10 nitrogen and oxygen atoms in total. The minimum atomic E-state index is -1.16. The number of imidazole rings is 1. The van der Waals surface area contributed by atoms with E-state index in [0.717, 1.165) is 31.2 Å². The molecule has 1 aliphatic carbocycles. The van der Waals surface area contributed by atoms with Crippen LogP contribution in [0, 0.1) is 30.1 Å². The number of nitrogens with zero attached hydrogens (tertiary/aromatic N) is 3. The second-order valence-electron chi connectivity index (χ2n) is 13.4. The third-order valence-electron chi connectivity index (χ3n) is 8.95. The number of aliphatic hydroxyl groups is 2. The zero-order valence-corrected chi connectivity index (χ0v) is 28.7. The highest BCUT2D eigenvalue weighted by Crippen LogP contribution is 2.29. The average Bonchev–Trinajstić information content (AvgIpc) is 3.47. The van der Waals surface area contributed by atoms with Gasteiger partial charge in [-0.05, 0) is 36.7 Å². The Morgan fingerprint density at radius 3 is 2.43 bits per heavy atom. The quantitative estimate of drug-likeness (QED) is 0.177. The van der Waals surface area contributed by atoms with Crippen molar-refractivity contribution in [1.29, 1.82) is 0 Å². The average molecular weight is 670 g/mol. The van der Waals surface area contributed by atoms with Gasteiger partial charge in [0.1, 0.15) is 17.3 Å². The molecular formula is C36H52ClN5O5. The summed E-state index contributed by atoms with van der Waals surface area (Å²) in [5, 5.41) is 28.1. The Bertz CT molecular complexity index is 1310. The van der Waals surface area contributed by atoms with E-state index >= 15 is 0 Å². The van der Waals surface area contributed by atoms with Crippen LogP contribution in [-0.4, -0.2) is 80.3 Å². The van der Waals surface area contributed by atoms with Crippen LogP contribution in [0.3, 0.4) is 0 Å². The monoisotopic (exact) mass is 669 g/mol. The standard InChI is InChI=1S/C36H52ClN5O5/c1-5-12-29(36(47)40-30(21-27-15-10-7-11-16-27)34(45)31(43)19-25(2)3)39-35(46)28(20-26-13-8-6-9-14-26)22-33(44)41(4)17-18-42-23-32(37)38-24-42/h1,6,8-9,13-14,23-25,27-31,34,43,45H,7,10-12,15-22H2,2-4H3,(H,39,46)(H,40,47)/t28-,29+,30+,31+,34-/m1/s1. The molecule has 258 valence electrons. The smallest absolute Gasteiger partial charge is 0.243 e. The minimum absolute atomic E-state index is 0.0717. The number of carbonyl (C=O) groups excluding carboxylic acids is 3. The van der Waals surface area contributed by atoms with E-state index in [9.17, 15) is 24.6 Å². The molecule has 3 amide bonds. The van der Waals surface area contributed by atoms with Gasteiger partial charge < -0.3 is 30.3 Å². The first-order valence-electron chi connectivity index (χ1n) is 16.8. The third-order valence-corrected chi connectivity index (χ3v) is 9.15. The molecule has 4 N–H and O–H groups in total. The third kappa shape index (κ3) is 13.0. The van der Waals surface area contributed by atoms with Gasteiger partial charge in [-0.1, -0.05) is 87.9 Å². The van der Waals surface area contributed by atoms with Gasteiger partial charge in [0.05, 0.1) is 24.4 Å². The molecular weight excluding hydrogens is 618 g/mol. The molecule has 1 fully saturated rings. The topological polar surface area (TPSA) is 137 Å². The number of terminal acetylenes is 1. The van der Waals surface area contributed by atoms with Crippen molar-refractivity contribution in [2.45, 2.75) is 109 Å². The SMILES string of the molecule is C#CC[C@H](NC(=O)[C@@H](CC(=O)N(C)CCn1cnc(Cl)c1)Cc1ccccc1)C(=O)N[C@@H](CC1CCCCC1)[C@@H](O)[C@@H](O)CC(C)C. The maximum absolute atomic E-state index is 13.8. The number of amides is 3. The molecule has 1 aliphatic rings. The van der Waals surface area contributed by atoms with Crippen LogP contribution in [0.1, 0.15) is 77.2 Å². The van der Waals surface area contributed by atoms with Crippen molar-refractivity contribution in [3.05, 3.63) is 53.6 Å². The lowest BCUT2D eigenvalue weighted by Gasteiger charge is -2.33. The second kappa shape index (κ2) is 19.4. The van der Waals surface area contributed by atoms with Gasteiger partial charge in [0.2, 0.25) is 17.7 Å². The van der Waals surface area contributed by atoms with Gasteiger partial charge in [0.15, 0.2) is 0 Å². The molecule has 0 unspecified atom stereocenters. The van der Waals surface area contributed by atoms with Crippen molar-refractivity contribution in [3.8, 4) is 12.3 Å². The molecule has 11 heteroatoms. The molecule has 1 heterocycles. The van der Waals surface area contributed by atoms with Crippen molar-refractivity contribution < 1.29 is 24.6 Å². The predicted molar refractivity (Wildman–Crippen MR) is 183 cm³/mol. The lowest BCUT2D eigenvalue weighted by atomic mass is 9.82. The normalized spacial score (nSPS) is 16.8. The molecule has 0 radical (unpaired) electrons. The van der Waals surface area contributed by atoms with Crippen LogP contribution in [0.15, 0.2) is 42.9 Å². The minimum Gasteiger partial charge on any atom is -0.390 e. The fourth-order valence-electron chi connectivity index (χ4n) is 6.22. The number of nitrogens with one attached hydrogen (secondary N) is 2. The number of benzene rings is 1. The molecule has 47 heavy (non-hydrogen) atoms. The van der Waals surface area contributed by atoms with E-state index in [-0.39, 0.29) is 31.1 Å². The number of carbonyl (C=O) groups is 3. The van der Waals surface area contributed by atoms with E-state index < -0.39 is 42.0 Å². The number of hydrogen-bond donors (Lipinski definition) is 4. The van der Waals surface area contributed by atoms with Crippen LogP contribution in [0.5, 0.6) is 0 Å². The van der Waals surface area contributed by atoms with E-state index in [1.807, 2.05) is 44.2 Å². The van der Waals surface area contributed by atoms with Crippen molar-refractivity contribution in [1.82, 2.24) is 25.1 Å². The van der Waals surface area contributed by atoms with Crippen molar-refractivity contribution in [3.63, 3.8) is 0 Å². The van der Waals surface area contributed by atoms with Crippen LogP contribution in [-0.2, 0) is 27.3 Å². The first kappa shape index (κ1) is 38.1. The number of aromatic nitrogens is 2. The Morgan fingerprint density at radius 1 is 1.11 bits per heavy atom. The van der Waals surface area contributed by atoms with Crippen molar-refractivity contribution in [2.75, 3.05) is 13.6 Å². The summed E-state index contributed by atoms with van der Waals surface area (Å²) in [4.78, 5) is 46.3. The van der Waals surface area contributed by atoms with Crippen LogP contribution in [0.2, 0.25) is 5.15 Å². The molecule has 0 bridgehead atoms. The molecule has 0 saturated heterocycles. The van der Waals surface area contributed by atoms with Crippen LogP contribution in [0.25, 0.3) is 0 Å². The van der Waals surface area contributed by atoms with E-state index in [1.165, 1.54) is 6.42 Å². The molecule has 2 aromatic rings. The summed E-state index contributed by atoms with van der Waals surface area (Å²) in [6, 6.07) is 7.63. The summed E-state index contributed by atoms with van der Waals surface area (Å²) in [6.07, 6.45) is 13.2. The van der Waals surface area contributed by atoms with Crippen LogP contribution >= 0.6 is 11.6 Å². The van der Waals surface area contributed by atoms with Crippen molar-refractivity contribution >= 4 is 29.3 Å². The van der Waals surface area contributed by atoms with Gasteiger partial charge in [0, 0.05) is 39.2 Å². The Kier molecular flexibility index (Phi) is 15.7. The highest BCUT2D eigenvalue weighted by molar-refractivity contribution is 6.29. The summed E-state index contributed by atoms with van der Waals surface area (Å²) >= 11 is 5.90. The molecule has 3 rings (SSSR count). The van der Waals surface area contributed by atoms with Gasteiger partial charge in [-0.25, -0.2) is 4.98 Å². The van der Waals surface area contributed by atoms with Crippen LogP contribution < -0.4 is 10.6 Å². The fourth-order valence-corrected chi connectivity index (χ4v) is 6.39. The van der Waals surface area contributed by atoms with Gasteiger partial charge in [-0.2, -0.15) is 0 Å². The van der Waals surface area contributed by atoms with E-state index in [2.05, 4.69) is 21.5 Å². The summed E-state index contributed by atoms with van der Waals surface area (Å²) in [7, 11) is 1.68. The molecule has 1 aromatic heterocycles. The number of likely N-dealkylation sites (N-methyl/N-ethyl adjacent to an activating group) is 1. The highest BCUT2D eigenvalue weighted by atomic mass is 35.5. The van der Waals surface area contributed by atoms with Gasteiger partial charge in [-0.15, -0.1) is 12.3 Å². The van der Waals surface area contributed by atoms with Crippen molar-refractivity contribution in [2.24, 2.45) is 17.8 Å². The Morgan fingerprint density at radius 2 is 1.81 bits per heavy atom. The van der Waals surface area contributed by atoms with E-state index in [1.54, 1.807) is 29.0 Å². The largest absolute Gasteiger partial charge is 0.390 e. The highest BCUT2D eigenvalue weighted by Gasteiger charge is 2.34. The Balaban J connectivity index is 1.73. The molecule has 0 spiro atoms. The second-order valence-corrected chi connectivity index (χ2v) is 13.7. The maximum atomic E-state index is 13.8. The Labute approximate surface area is 284 Å². The number of rotatable bonds is 18. The van der Waals surface area contributed by atoms with Gasteiger partial charge >= 0.3 is 0 Å². The Hall–Kier alpha value is -3.39. The zero-order chi connectivity index (χ0) is 34.3. The predicted octanol–water partition coefficient (Wildman–Crippen LogP) is 3.98. The maximum Gasteiger partial charge on any atom is 0.243 e. The van der Waals surface area contributed by atoms with E-state index in [0.29, 0.717) is 37.0 Å². The molecule has 1 saturated carbocycles. The lowest BCUT2D eigenvalue weighted by molar-refractivity contribution is -0.137. The molecule has 0 aliphatic heterocycles. The van der Waals surface area contributed by atoms with E-state index in [4.69, 9.17) is 18.0 Å². The number of halogens is 1. The molecule has 1 aromatic carbocycles. The first-order chi connectivity index (χ1) is 22.5. The lowest BCUT2D eigenvalue weighted by Crippen LogP contribution is -2.56. The first-order valence-corrected chi connectivity index (χ1v) is 17.2. The summed E-state index contributed by atoms with van der Waals surface area (Å²) in [6.45, 7) is 4.81. The fraction of sp³-hybridized carbons (Fsp3) is 0.611. The number of hydrogen-bond acceptors (Lipinski definition) is 6. The van der Waals surface area contributed by atoms with Crippen LogP contribution in [0.4, 0.5) is 0 Å². The summed E-state index contributed by atoms with van der Waals surface area (Å²) < 4.78 is 1.78. The summed E-state index contributed by atoms with van der Waals surface area (Å²) in [5.41, 5.74) is 0.879. The number of aliphatic hydroxyl groups excluding tert-OH is 2. The zero-order valence-electron chi connectivity index (χ0n) is 28.0. The van der Waals surface area contributed by atoms with Gasteiger partial charge in [-0.3, -0.25) is 14.4 Å². The van der Waals surface area contributed by atoms with Gasteiger partial charge in [0.25, 0.3) is 0 Å². The molecule has 5 atom stereocenters. The summed E-state index contributed by atoms with van der Waals surface area (Å²) in [5.74, 6) is 1.000.